The Morgan fingerprint density at radius 1 is 0.789 bits per heavy atom. The lowest BCUT2D eigenvalue weighted by molar-refractivity contribution is -0.107. The molecule has 0 fully saturated rings. The number of hydrogen-bond donors (Lipinski definition) is 0. The Hall–Kier alpha value is 0.390. The molecule has 0 aliphatic heterocycles. The van der Waals surface area contributed by atoms with Crippen LogP contribution in [0.3, 0.4) is 0 Å². The molecule has 0 aromatic heterocycles. The van der Waals surface area contributed by atoms with Gasteiger partial charge in [-0.25, -0.2) is 0 Å². The van der Waals surface area contributed by atoms with E-state index in [1.54, 1.807) is 14.2 Å². The van der Waals surface area contributed by atoms with Gasteiger partial charge in [-0.05, 0) is 32.1 Å². The molecule has 0 unspecified atom stereocenters. The summed E-state index contributed by atoms with van der Waals surface area (Å²) in [5, 5.41) is 0. The molecule has 0 spiro atoms. The van der Waals surface area contributed by atoms with E-state index in [1.807, 2.05) is 0 Å². The van der Waals surface area contributed by atoms with E-state index in [0.29, 0.717) is 0 Å². The highest BCUT2D eigenvalue weighted by Gasteiger charge is 2.03. The Balaban J connectivity index is 3.10. The summed E-state index contributed by atoms with van der Waals surface area (Å²) in [6.45, 7) is 0. The van der Waals surface area contributed by atoms with Crippen molar-refractivity contribution < 1.29 is 9.47 Å². The van der Waals surface area contributed by atoms with Crippen molar-refractivity contribution in [3.05, 3.63) is 12.2 Å². The number of allylic oxidation sites excluding steroid dienone is 2. The van der Waals surface area contributed by atoms with Crippen LogP contribution in [-0.4, -0.2) is 24.9 Å². The molecule has 0 aromatic carbocycles. The molecule has 2 nitrogen and oxygen atoms in total. The van der Waals surface area contributed by atoms with Crippen molar-refractivity contribution in [2.24, 2.45) is 0 Å². The monoisotopic (exact) mass is 382 g/mol. The fraction of sp³-hybridized carbons (Fsp3) is 0.875. The number of methoxy groups -OCH3 is 2. The SMILES string of the molecule is COC(CCCCCCCCC/C=C/CCI)OC. The molecule has 0 rings (SSSR count). The van der Waals surface area contributed by atoms with Crippen molar-refractivity contribution in [1.82, 2.24) is 0 Å². The first kappa shape index (κ1) is 19.4. The fourth-order valence-electron chi connectivity index (χ4n) is 2.09. The summed E-state index contributed by atoms with van der Waals surface area (Å²) in [7, 11) is 3.42. The Morgan fingerprint density at radius 3 is 1.89 bits per heavy atom. The maximum atomic E-state index is 5.17. The molecular formula is C16H31IO2. The lowest BCUT2D eigenvalue weighted by Gasteiger charge is -2.12. The summed E-state index contributed by atoms with van der Waals surface area (Å²) >= 11 is 2.42. The number of halogens is 1. The van der Waals surface area contributed by atoms with Crippen LogP contribution >= 0.6 is 22.6 Å². The van der Waals surface area contributed by atoms with Crippen LogP contribution in [0.2, 0.25) is 0 Å². The second-order valence-electron chi connectivity index (χ2n) is 4.90. The van der Waals surface area contributed by atoms with Crippen molar-refractivity contribution in [1.29, 1.82) is 0 Å². The molecule has 0 saturated carbocycles. The molecule has 0 saturated heterocycles. The van der Waals surface area contributed by atoms with E-state index in [0.717, 1.165) is 6.42 Å². The first-order chi connectivity index (χ1) is 9.35. The molecule has 0 amide bonds. The second kappa shape index (κ2) is 16.4. The molecule has 3 heteroatoms. The predicted octanol–water partition coefficient (Wildman–Crippen LogP) is 5.50. The van der Waals surface area contributed by atoms with Crippen molar-refractivity contribution in [2.45, 2.75) is 70.5 Å². The van der Waals surface area contributed by atoms with Gasteiger partial charge in [-0.1, -0.05) is 66.8 Å². The van der Waals surface area contributed by atoms with E-state index in [1.165, 1.54) is 62.2 Å². The number of alkyl halides is 1. The van der Waals surface area contributed by atoms with Crippen LogP contribution in [0.5, 0.6) is 0 Å². The quantitative estimate of drug-likeness (QED) is 0.130. The molecule has 0 aromatic rings. The molecule has 0 radical (unpaired) electrons. The summed E-state index contributed by atoms with van der Waals surface area (Å²) in [6.07, 6.45) is 17.5. The summed E-state index contributed by atoms with van der Waals surface area (Å²) in [5.41, 5.74) is 0. The molecule has 0 atom stereocenters. The zero-order valence-electron chi connectivity index (χ0n) is 12.7. The van der Waals surface area contributed by atoms with E-state index < -0.39 is 0 Å². The van der Waals surface area contributed by atoms with Crippen molar-refractivity contribution in [3.8, 4) is 0 Å². The van der Waals surface area contributed by atoms with Crippen LogP contribution in [0.25, 0.3) is 0 Å². The third kappa shape index (κ3) is 14.6. The zero-order valence-corrected chi connectivity index (χ0v) is 14.9. The van der Waals surface area contributed by atoms with Gasteiger partial charge < -0.3 is 9.47 Å². The molecule has 19 heavy (non-hydrogen) atoms. The Morgan fingerprint density at radius 2 is 1.32 bits per heavy atom. The van der Waals surface area contributed by atoms with Crippen molar-refractivity contribution >= 4 is 22.6 Å². The van der Waals surface area contributed by atoms with Crippen LogP contribution in [0.15, 0.2) is 12.2 Å². The van der Waals surface area contributed by atoms with Gasteiger partial charge in [-0.15, -0.1) is 0 Å². The molecule has 0 bridgehead atoms. The van der Waals surface area contributed by atoms with E-state index in [2.05, 4.69) is 34.7 Å². The Bertz CT molecular complexity index is 191. The van der Waals surface area contributed by atoms with Crippen LogP contribution in [0, 0.1) is 0 Å². The van der Waals surface area contributed by atoms with Crippen LogP contribution in [-0.2, 0) is 9.47 Å². The van der Waals surface area contributed by atoms with Crippen LogP contribution in [0.4, 0.5) is 0 Å². The smallest absolute Gasteiger partial charge is 0.156 e. The van der Waals surface area contributed by atoms with E-state index >= 15 is 0 Å². The fourth-order valence-corrected chi connectivity index (χ4v) is 2.45. The average molecular weight is 382 g/mol. The average Bonchev–Trinajstić information content (AvgIpc) is 2.44. The molecule has 114 valence electrons. The van der Waals surface area contributed by atoms with Gasteiger partial charge in [-0.3, -0.25) is 0 Å². The summed E-state index contributed by atoms with van der Waals surface area (Å²) in [5.74, 6) is 0. The lowest BCUT2D eigenvalue weighted by Crippen LogP contribution is -2.12. The largest absolute Gasteiger partial charge is 0.356 e. The molecular weight excluding hydrogens is 351 g/mol. The maximum Gasteiger partial charge on any atom is 0.156 e. The highest BCUT2D eigenvalue weighted by molar-refractivity contribution is 14.1. The van der Waals surface area contributed by atoms with Gasteiger partial charge in [0.1, 0.15) is 0 Å². The minimum absolute atomic E-state index is 0.00525. The standard InChI is InChI=1S/C16H31IO2/c1-18-16(19-2)14-12-10-8-6-4-3-5-7-9-11-13-15-17/h9,11,16H,3-8,10,12-15H2,1-2H3/b11-9+. The number of hydrogen-bond acceptors (Lipinski definition) is 2. The van der Waals surface area contributed by atoms with Crippen molar-refractivity contribution in [3.63, 3.8) is 0 Å². The van der Waals surface area contributed by atoms with Crippen LogP contribution < -0.4 is 0 Å². The number of ether oxygens (including phenoxy) is 2. The predicted molar refractivity (Wildman–Crippen MR) is 92.0 cm³/mol. The van der Waals surface area contributed by atoms with E-state index in [4.69, 9.17) is 9.47 Å². The second-order valence-corrected chi connectivity index (χ2v) is 5.98. The molecule has 0 heterocycles. The Kier molecular flexibility index (Phi) is 16.8. The summed E-state index contributed by atoms with van der Waals surface area (Å²) in [6, 6.07) is 0. The molecule has 0 aliphatic carbocycles. The minimum Gasteiger partial charge on any atom is -0.356 e. The van der Waals surface area contributed by atoms with Gasteiger partial charge >= 0.3 is 0 Å². The first-order valence-electron chi connectivity index (χ1n) is 7.61. The van der Waals surface area contributed by atoms with E-state index in [9.17, 15) is 0 Å². The van der Waals surface area contributed by atoms with Gasteiger partial charge in [0, 0.05) is 18.6 Å². The number of rotatable bonds is 14. The maximum absolute atomic E-state index is 5.17. The highest BCUT2D eigenvalue weighted by Crippen LogP contribution is 2.12. The van der Waals surface area contributed by atoms with E-state index in [-0.39, 0.29) is 6.29 Å². The van der Waals surface area contributed by atoms with Crippen LogP contribution in [0.1, 0.15) is 64.2 Å². The van der Waals surface area contributed by atoms with Gasteiger partial charge in [-0.2, -0.15) is 0 Å². The number of unbranched alkanes of at least 4 members (excludes halogenated alkanes) is 7. The lowest BCUT2D eigenvalue weighted by atomic mass is 10.1. The van der Waals surface area contributed by atoms with Gasteiger partial charge in [0.25, 0.3) is 0 Å². The third-order valence-electron chi connectivity index (χ3n) is 3.28. The zero-order chi connectivity index (χ0) is 14.2. The Labute approximate surface area is 133 Å². The topological polar surface area (TPSA) is 18.5 Å². The van der Waals surface area contributed by atoms with Gasteiger partial charge in [0.2, 0.25) is 0 Å². The molecule has 0 aliphatic rings. The van der Waals surface area contributed by atoms with Gasteiger partial charge in [0.15, 0.2) is 6.29 Å². The minimum atomic E-state index is -0.00525. The highest BCUT2D eigenvalue weighted by atomic mass is 127. The van der Waals surface area contributed by atoms with Crippen molar-refractivity contribution in [2.75, 3.05) is 18.6 Å². The third-order valence-corrected chi connectivity index (χ3v) is 3.90. The first-order valence-corrected chi connectivity index (χ1v) is 9.14. The normalized spacial score (nSPS) is 11.8. The molecule has 0 N–H and O–H groups in total. The summed E-state index contributed by atoms with van der Waals surface area (Å²) in [4.78, 5) is 0. The van der Waals surface area contributed by atoms with Gasteiger partial charge in [0.05, 0.1) is 0 Å². The summed E-state index contributed by atoms with van der Waals surface area (Å²) < 4.78 is 11.6.